The van der Waals surface area contributed by atoms with Crippen LogP contribution in [0.15, 0.2) is 18.2 Å². The number of rotatable bonds is 4. The number of halogens is 2. The lowest BCUT2D eigenvalue weighted by atomic mass is 9.96. The van der Waals surface area contributed by atoms with Gasteiger partial charge in [-0.3, -0.25) is 9.59 Å². The van der Waals surface area contributed by atoms with Gasteiger partial charge in [-0.1, -0.05) is 23.2 Å². The summed E-state index contributed by atoms with van der Waals surface area (Å²) in [5.74, 6) is -0.377. The summed E-state index contributed by atoms with van der Waals surface area (Å²) in [6, 6.07) is 5.04. The maximum absolute atomic E-state index is 12.9. The van der Waals surface area contributed by atoms with E-state index in [0.717, 1.165) is 32.5 Å². The van der Waals surface area contributed by atoms with Gasteiger partial charge in [0.2, 0.25) is 11.8 Å². The second kappa shape index (κ2) is 7.94. The molecule has 1 N–H and O–H groups in total. The molecule has 5 nitrogen and oxygen atoms in total. The molecule has 2 saturated heterocycles. The summed E-state index contributed by atoms with van der Waals surface area (Å²) < 4.78 is 0. The number of nitrogens with one attached hydrogen (secondary N) is 1. The number of likely N-dealkylation sites (tertiary alicyclic amines) is 1. The number of carbonyl (C=O) groups excluding carboxylic acids is 2. The Labute approximate surface area is 158 Å². The predicted octanol–water partition coefficient (Wildman–Crippen LogP) is 2.80. The molecule has 136 valence electrons. The van der Waals surface area contributed by atoms with Gasteiger partial charge in [0.1, 0.15) is 5.92 Å². The first-order chi connectivity index (χ1) is 12.0. The summed E-state index contributed by atoms with van der Waals surface area (Å²) in [7, 11) is 1.92. The monoisotopic (exact) mass is 383 g/mol. The summed E-state index contributed by atoms with van der Waals surface area (Å²) in [5, 5.41) is 4.17. The third-order valence-corrected chi connectivity index (χ3v) is 5.58. The summed E-state index contributed by atoms with van der Waals surface area (Å²) in [6.07, 6.45) is 2.63. The molecule has 1 aromatic rings. The quantitative estimate of drug-likeness (QED) is 0.813. The number of benzene rings is 1. The molecule has 0 spiro atoms. The second-order valence-electron chi connectivity index (χ2n) is 6.78. The molecule has 0 radical (unpaired) electrons. The summed E-state index contributed by atoms with van der Waals surface area (Å²) in [5.41, 5.74) is 0.584. The average molecular weight is 384 g/mol. The van der Waals surface area contributed by atoms with Gasteiger partial charge in [0.15, 0.2) is 0 Å². The van der Waals surface area contributed by atoms with E-state index < -0.39 is 5.92 Å². The molecule has 2 heterocycles. The Morgan fingerprint density at radius 3 is 2.84 bits per heavy atom. The largest absolute Gasteiger partial charge is 0.342 e. The lowest BCUT2D eigenvalue weighted by molar-refractivity contribution is -0.141. The zero-order valence-corrected chi connectivity index (χ0v) is 15.8. The maximum Gasteiger partial charge on any atom is 0.239 e. The molecule has 1 aromatic carbocycles. The molecule has 0 aromatic heterocycles. The third-order valence-electron chi connectivity index (χ3n) is 5.03. The fraction of sp³-hybridized carbons (Fsp3) is 0.556. The Kier molecular flexibility index (Phi) is 5.87. The number of piperidine rings is 1. The van der Waals surface area contributed by atoms with Crippen molar-refractivity contribution < 1.29 is 9.59 Å². The molecule has 2 atom stereocenters. The van der Waals surface area contributed by atoms with Crippen LogP contribution in [-0.2, 0) is 9.59 Å². The smallest absolute Gasteiger partial charge is 0.239 e. The van der Waals surface area contributed by atoms with Crippen LogP contribution in [-0.4, -0.2) is 49.9 Å². The Hall–Kier alpha value is -1.30. The Balaban J connectivity index is 1.71. The van der Waals surface area contributed by atoms with Crippen molar-refractivity contribution in [3.8, 4) is 0 Å². The summed E-state index contributed by atoms with van der Waals surface area (Å²) in [4.78, 5) is 29.2. The van der Waals surface area contributed by atoms with Gasteiger partial charge >= 0.3 is 0 Å². The van der Waals surface area contributed by atoms with Crippen LogP contribution in [0.2, 0.25) is 10.0 Å². The number of carbonyl (C=O) groups is 2. The molecule has 25 heavy (non-hydrogen) atoms. The van der Waals surface area contributed by atoms with Crippen molar-refractivity contribution in [3.63, 3.8) is 0 Å². The van der Waals surface area contributed by atoms with E-state index in [9.17, 15) is 9.59 Å². The highest BCUT2D eigenvalue weighted by Gasteiger charge is 2.41. The van der Waals surface area contributed by atoms with Crippen LogP contribution >= 0.6 is 23.2 Å². The van der Waals surface area contributed by atoms with Gasteiger partial charge in [-0.05, 0) is 57.0 Å². The van der Waals surface area contributed by atoms with Gasteiger partial charge in [-0.25, -0.2) is 0 Å². The molecule has 0 bridgehead atoms. The van der Waals surface area contributed by atoms with E-state index in [1.165, 1.54) is 0 Å². The number of nitrogens with zero attached hydrogens (tertiary/aromatic N) is 2. The Morgan fingerprint density at radius 2 is 2.08 bits per heavy atom. The number of hydrogen-bond acceptors (Lipinski definition) is 3. The Bertz CT molecular complexity index is 666. The molecular formula is C18H23Cl2N3O2. The molecule has 2 fully saturated rings. The highest BCUT2D eigenvalue weighted by atomic mass is 35.5. The van der Waals surface area contributed by atoms with E-state index in [4.69, 9.17) is 23.2 Å². The lowest BCUT2D eigenvalue weighted by Gasteiger charge is -2.34. The summed E-state index contributed by atoms with van der Waals surface area (Å²) >= 11 is 12.2. The zero-order chi connectivity index (χ0) is 18.0. The highest BCUT2D eigenvalue weighted by Crippen LogP contribution is 2.34. The standard InChI is InChI=1S/C18H23Cl2N3O2/c1-21-10-12-3-2-7-22(11-12)17(24)14-6-8-23(18(14)25)16-9-13(19)4-5-15(16)20/h4-5,9,12,14,21H,2-3,6-8,10-11H2,1H3. The van der Waals surface area contributed by atoms with Gasteiger partial charge in [0, 0.05) is 24.7 Å². The molecular weight excluding hydrogens is 361 g/mol. The van der Waals surface area contributed by atoms with Crippen molar-refractivity contribution in [1.29, 1.82) is 0 Å². The van der Waals surface area contributed by atoms with Crippen molar-refractivity contribution >= 4 is 40.7 Å². The molecule has 2 aliphatic heterocycles. The second-order valence-corrected chi connectivity index (χ2v) is 7.62. The van der Waals surface area contributed by atoms with Crippen LogP contribution in [0.3, 0.4) is 0 Å². The van der Waals surface area contributed by atoms with E-state index >= 15 is 0 Å². The van der Waals surface area contributed by atoms with Crippen LogP contribution in [0, 0.1) is 11.8 Å². The number of anilines is 1. The summed E-state index contributed by atoms with van der Waals surface area (Å²) in [6.45, 7) is 2.85. The first-order valence-electron chi connectivity index (χ1n) is 8.71. The molecule has 0 saturated carbocycles. The average Bonchev–Trinajstić information content (AvgIpc) is 2.98. The normalized spacial score (nSPS) is 24.0. The van der Waals surface area contributed by atoms with E-state index in [1.807, 2.05) is 11.9 Å². The minimum atomic E-state index is -0.608. The van der Waals surface area contributed by atoms with E-state index in [0.29, 0.717) is 34.6 Å². The van der Waals surface area contributed by atoms with Crippen molar-refractivity contribution in [2.45, 2.75) is 19.3 Å². The fourth-order valence-corrected chi connectivity index (χ4v) is 4.17. The van der Waals surface area contributed by atoms with Crippen molar-refractivity contribution in [3.05, 3.63) is 28.2 Å². The predicted molar refractivity (Wildman–Crippen MR) is 100 cm³/mol. The van der Waals surface area contributed by atoms with Crippen LogP contribution in [0.5, 0.6) is 0 Å². The first kappa shape index (κ1) is 18.5. The van der Waals surface area contributed by atoms with Crippen molar-refractivity contribution in [2.24, 2.45) is 11.8 Å². The SMILES string of the molecule is CNCC1CCCN(C(=O)C2CCN(c3cc(Cl)ccc3Cl)C2=O)C1. The van der Waals surface area contributed by atoms with Gasteiger partial charge in [-0.2, -0.15) is 0 Å². The zero-order valence-electron chi connectivity index (χ0n) is 14.3. The van der Waals surface area contributed by atoms with E-state index in [-0.39, 0.29) is 11.8 Å². The van der Waals surface area contributed by atoms with Crippen LogP contribution in [0.4, 0.5) is 5.69 Å². The molecule has 0 aliphatic carbocycles. The van der Waals surface area contributed by atoms with Gasteiger partial charge in [0.25, 0.3) is 0 Å². The van der Waals surface area contributed by atoms with E-state index in [2.05, 4.69) is 5.32 Å². The Morgan fingerprint density at radius 1 is 1.28 bits per heavy atom. The maximum atomic E-state index is 12.9. The number of hydrogen-bond donors (Lipinski definition) is 1. The first-order valence-corrected chi connectivity index (χ1v) is 9.46. The van der Waals surface area contributed by atoms with Gasteiger partial charge < -0.3 is 15.1 Å². The highest BCUT2D eigenvalue weighted by molar-refractivity contribution is 6.36. The molecule has 3 rings (SSSR count). The minimum absolute atomic E-state index is 0.0496. The van der Waals surface area contributed by atoms with Crippen molar-refractivity contribution in [2.75, 3.05) is 38.1 Å². The molecule has 2 aliphatic rings. The van der Waals surface area contributed by atoms with Gasteiger partial charge in [-0.15, -0.1) is 0 Å². The van der Waals surface area contributed by atoms with Crippen LogP contribution in [0.1, 0.15) is 19.3 Å². The number of amides is 2. The minimum Gasteiger partial charge on any atom is -0.342 e. The van der Waals surface area contributed by atoms with Gasteiger partial charge in [0.05, 0.1) is 10.7 Å². The molecule has 2 amide bonds. The fourth-order valence-electron chi connectivity index (χ4n) is 3.78. The molecule has 7 heteroatoms. The lowest BCUT2D eigenvalue weighted by Crippen LogP contribution is -2.46. The van der Waals surface area contributed by atoms with E-state index in [1.54, 1.807) is 23.1 Å². The third kappa shape index (κ3) is 3.94. The van der Waals surface area contributed by atoms with Crippen LogP contribution < -0.4 is 10.2 Å². The van der Waals surface area contributed by atoms with Crippen LogP contribution in [0.25, 0.3) is 0 Å². The topological polar surface area (TPSA) is 52.7 Å². The molecule has 2 unspecified atom stereocenters. The van der Waals surface area contributed by atoms with Crippen molar-refractivity contribution in [1.82, 2.24) is 10.2 Å².